The van der Waals surface area contributed by atoms with Crippen LogP contribution in [0.4, 0.5) is 4.39 Å². The molecule has 1 saturated carbocycles. The third-order valence-electron chi connectivity index (χ3n) is 4.10. The largest absolute Gasteiger partial charge is 0.339 e. The van der Waals surface area contributed by atoms with Crippen molar-refractivity contribution in [2.75, 3.05) is 7.05 Å². The predicted octanol–water partition coefficient (Wildman–Crippen LogP) is 2.91. The van der Waals surface area contributed by atoms with E-state index >= 15 is 0 Å². The van der Waals surface area contributed by atoms with Crippen LogP contribution in [-0.4, -0.2) is 28.2 Å². The third kappa shape index (κ3) is 3.10. The van der Waals surface area contributed by atoms with Gasteiger partial charge in [0, 0.05) is 6.04 Å². The van der Waals surface area contributed by atoms with Crippen molar-refractivity contribution in [2.45, 2.75) is 44.1 Å². The molecule has 0 amide bonds. The normalized spacial score (nSPS) is 23.0. The Morgan fingerprint density at radius 3 is 2.86 bits per heavy atom. The van der Waals surface area contributed by atoms with Gasteiger partial charge in [0.2, 0.25) is 11.7 Å². The zero-order chi connectivity index (χ0) is 14.7. The first-order chi connectivity index (χ1) is 10.3. The highest BCUT2D eigenvalue weighted by molar-refractivity contribution is 5.47. The van der Waals surface area contributed by atoms with Crippen LogP contribution >= 0.6 is 0 Å². The Morgan fingerprint density at radius 2 is 2.10 bits per heavy atom. The molecule has 3 rings (SSSR count). The Labute approximate surface area is 123 Å². The first-order valence-corrected chi connectivity index (χ1v) is 7.40. The molecule has 6 heteroatoms. The van der Waals surface area contributed by atoms with Gasteiger partial charge in [-0.1, -0.05) is 24.4 Å². The fraction of sp³-hybridized carbons (Fsp3) is 0.533. The molecule has 1 N–H and O–H groups in total. The van der Waals surface area contributed by atoms with Gasteiger partial charge in [-0.25, -0.2) is 9.37 Å². The SMILES string of the molecule is CNC1CCCCCC1c1nc(-c2ccc(F)cn2)no1. The summed E-state index contributed by atoms with van der Waals surface area (Å²) in [4.78, 5) is 8.46. The lowest BCUT2D eigenvalue weighted by molar-refractivity contribution is 0.311. The Hall–Kier alpha value is -1.82. The van der Waals surface area contributed by atoms with Gasteiger partial charge in [0.05, 0.1) is 12.1 Å². The summed E-state index contributed by atoms with van der Waals surface area (Å²) in [5.41, 5.74) is 0.529. The average molecular weight is 290 g/mol. The molecule has 2 heterocycles. The van der Waals surface area contributed by atoms with Crippen LogP contribution in [0.15, 0.2) is 22.9 Å². The van der Waals surface area contributed by atoms with E-state index in [0.717, 1.165) is 19.0 Å². The summed E-state index contributed by atoms with van der Waals surface area (Å²) in [6.45, 7) is 0. The first-order valence-electron chi connectivity index (χ1n) is 7.40. The number of nitrogens with zero attached hydrogens (tertiary/aromatic N) is 3. The van der Waals surface area contributed by atoms with Crippen LogP contribution in [0.5, 0.6) is 0 Å². The molecule has 0 bridgehead atoms. The van der Waals surface area contributed by atoms with Crippen LogP contribution in [0.1, 0.15) is 43.9 Å². The summed E-state index contributed by atoms with van der Waals surface area (Å²) >= 11 is 0. The van der Waals surface area contributed by atoms with Crippen LogP contribution in [0.25, 0.3) is 11.5 Å². The van der Waals surface area contributed by atoms with Crippen LogP contribution in [-0.2, 0) is 0 Å². The number of halogens is 1. The van der Waals surface area contributed by atoms with Gasteiger partial charge in [-0.15, -0.1) is 0 Å². The average Bonchev–Trinajstić information content (AvgIpc) is 2.86. The summed E-state index contributed by atoms with van der Waals surface area (Å²) in [7, 11) is 1.97. The highest BCUT2D eigenvalue weighted by atomic mass is 19.1. The lowest BCUT2D eigenvalue weighted by atomic mass is 9.95. The first kappa shape index (κ1) is 14.1. The second-order valence-electron chi connectivity index (χ2n) is 5.46. The molecule has 1 aliphatic rings. The lowest BCUT2D eigenvalue weighted by Crippen LogP contribution is -2.31. The zero-order valence-corrected chi connectivity index (χ0v) is 12.1. The minimum absolute atomic E-state index is 0.235. The highest BCUT2D eigenvalue weighted by Crippen LogP contribution is 2.31. The van der Waals surface area contributed by atoms with E-state index in [0.29, 0.717) is 23.5 Å². The molecule has 0 aromatic carbocycles. The summed E-state index contributed by atoms with van der Waals surface area (Å²) in [6, 6.07) is 3.27. The fourth-order valence-corrected chi connectivity index (χ4v) is 2.95. The number of likely N-dealkylation sites (N-methyl/N-ethyl adjacent to an activating group) is 1. The number of hydrogen-bond donors (Lipinski definition) is 1. The van der Waals surface area contributed by atoms with Gasteiger partial charge in [0.1, 0.15) is 11.5 Å². The maximum atomic E-state index is 12.9. The number of nitrogens with one attached hydrogen (secondary N) is 1. The molecule has 1 aliphatic carbocycles. The Bertz CT molecular complexity index is 584. The zero-order valence-electron chi connectivity index (χ0n) is 12.1. The van der Waals surface area contributed by atoms with Crippen molar-refractivity contribution in [1.82, 2.24) is 20.4 Å². The molecule has 2 unspecified atom stereocenters. The molecule has 2 atom stereocenters. The molecule has 5 nitrogen and oxygen atoms in total. The minimum Gasteiger partial charge on any atom is -0.339 e. The number of aromatic nitrogens is 3. The van der Waals surface area contributed by atoms with E-state index in [1.165, 1.54) is 25.3 Å². The quantitative estimate of drug-likeness (QED) is 0.881. The smallest absolute Gasteiger partial charge is 0.231 e. The summed E-state index contributed by atoms with van der Waals surface area (Å²) in [5, 5.41) is 7.35. The molecule has 0 spiro atoms. The molecular formula is C15H19FN4O. The van der Waals surface area contributed by atoms with Gasteiger partial charge in [-0.3, -0.25) is 0 Å². The molecule has 112 valence electrons. The van der Waals surface area contributed by atoms with Gasteiger partial charge in [-0.2, -0.15) is 4.98 Å². The van der Waals surface area contributed by atoms with Crippen molar-refractivity contribution in [2.24, 2.45) is 0 Å². The van der Waals surface area contributed by atoms with E-state index < -0.39 is 0 Å². The number of rotatable bonds is 3. The van der Waals surface area contributed by atoms with Crippen molar-refractivity contribution < 1.29 is 8.91 Å². The van der Waals surface area contributed by atoms with Crippen molar-refractivity contribution >= 4 is 0 Å². The van der Waals surface area contributed by atoms with Crippen LogP contribution in [0, 0.1) is 5.82 Å². The van der Waals surface area contributed by atoms with E-state index in [1.807, 2.05) is 7.05 Å². The Balaban J connectivity index is 1.84. The van der Waals surface area contributed by atoms with Crippen molar-refractivity contribution in [3.05, 3.63) is 30.0 Å². The lowest BCUT2D eigenvalue weighted by Gasteiger charge is -2.20. The molecule has 0 aliphatic heterocycles. The molecule has 0 radical (unpaired) electrons. The molecule has 21 heavy (non-hydrogen) atoms. The monoisotopic (exact) mass is 290 g/mol. The van der Waals surface area contributed by atoms with E-state index in [1.54, 1.807) is 6.07 Å². The fourth-order valence-electron chi connectivity index (χ4n) is 2.95. The maximum absolute atomic E-state index is 12.9. The van der Waals surface area contributed by atoms with Gasteiger partial charge in [0.25, 0.3) is 0 Å². The van der Waals surface area contributed by atoms with Crippen molar-refractivity contribution in [1.29, 1.82) is 0 Å². The van der Waals surface area contributed by atoms with Crippen molar-refractivity contribution in [3.63, 3.8) is 0 Å². The van der Waals surface area contributed by atoms with Gasteiger partial charge < -0.3 is 9.84 Å². The van der Waals surface area contributed by atoms with E-state index in [2.05, 4.69) is 20.4 Å². The summed E-state index contributed by atoms with van der Waals surface area (Å²) in [6.07, 6.45) is 6.97. The highest BCUT2D eigenvalue weighted by Gasteiger charge is 2.28. The number of hydrogen-bond acceptors (Lipinski definition) is 5. The molecular weight excluding hydrogens is 271 g/mol. The second kappa shape index (κ2) is 6.30. The topological polar surface area (TPSA) is 63.8 Å². The van der Waals surface area contributed by atoms with Crippen molar-refractivity contribution in [3.8, 4) is 11.5 Å². The van der Waals surface area contributed by atoms with Gasteiger partial charge >= 0.3 is 0 Å². The molecule has 0 saturated heterocycles. The number of pyridine rings is 1. The third-order valence-corrected chi connectivity index (χ3v) is 4.10. The van der Waals surface area contributed by atoms with E-state index in [-0.39, 0.29) is 11.7 Å². The van der Waals surface area contributed by atoms with Gasteiger partial charge in [-0.05, 0) is 32.0 Å². The standard InChI is InChI=1S/C15H19FN4O/c1-17-12-6-4-2-3-5-11(12)15-19-14(20-21-15)13-8-7-10(16)9-18-13/h7-9,11-12,17H,2-6H2,1H3. The molecule has 1 fully saturated rings. The summed E-state index contributed by atoms with van der Waals surface area (Å²) < 4.78 is 18.3. The summed E-state index contributed by atoms with van der Waals surface area (Å²) in [5.74, 6) is 0.933. The van der Waals surface area contributed by atoms with Crippen LogP contribution in [0.3, 0.4) is 0 Å². The second-order valence-corrected chi connectivity index (χ2v) is 5.46. The van der Waals surface area contributed by atoms with Crippen LogP contribution in [0.2, 0.25) is 0 Å². The Kier molecular flexibility index (Phi) is 4.24. The molecule has 2 aromatic rings. The van der Waals surface area contributed by atoms with E-state index in [9.17, 15) is 4.39 Å². The van der Waals surface area contributed by atoms with Crippen LogP contribution < -0.4 is 5.32 Å². The Morgan fingerprint density at radius 1 is 1.24 bits per heavy atom. The maximum Gasteiger partial charge on any atom is 0.231 e. The van der Waals surface area contributed by atoms with Gasteiger partial charge in [0.15, 0.2) is 0 Å². The predicted molar refractivity (Wildman–Crippen MR) is 76.2 cm³/mol. The minimum atomic E-state index is -0.374. The molecule has 2 aromatic heterocycles. The van der Waals surface area contributed by atoms with E-state index in [4.69, 9.17) is 4.52 Å².